The Morgan fingerprint density at radius 1 is 1.27 bits per heavy atom. The Balaban J connectivity index is 3.65. The molecule has 0 atom stereocenters. The maximum absolute atomic E-state index is 11.9. The minimum atomic E-state index is -1.17. The molecule has 0 unspecified atom stereocenters. The van der Waals surface area contributed by atoms with Crippen LogP contribution in [0.4, 0.5) is 0 Å². The van der Waals surface area contributed by atoms with Gasteiger partial charge in [-0.05, 0) is 19.8 Å². The largest absolute Gasteiger partial charge is 0.477 e. The van der Waals surface area contributed by atoms with Crippen LogP contribution in [-0.2, 0) is 0 Å². The SMILES string of the molecule is Cc1[nH]c(C)c(C(C)C)c(=O)c1C(=O)O. The fraction of sp³-hybridized carbons (Fsp3) is 0.455. The third kappa shape index (κ3) is 1.93. The number of aromatic amines is 1. The minimum Gasteiger partial charge on any atom is -0.477 e. The second-order valence-corrected chi connectivity index (χ2v) is 3.95. The van der Waals surface area contributed by atoms with E-state index in [0.29, 0.717) is 11.3 Å². The Labute approximate surface area is 88.0 Å². The first-order chi connectivity index (χ1) is 6.86. The van der Waals surface area contributed by atoms with Crippen molar-refractivity contribution in [2.75, 3.05) is 0 Å². The van der Waals surface area contributed by atoms with Gasteiger partial charge < -0.3 is 10.1 Å². The van der Waals surface area contributed by atoms with Crippen LogP contribution in [0.5, 0.6) is 0 Å². The number of H-pyrrole nitrogens is 1. The van der Waals surface area contributed by atoms with Crippen LogP contribution in [0.25, 0.3) is 0 Å². The van der Waals surface area contributed by atoms with Crippen molar-refractivity contribution in [2.45, 2.75) is 33.6 Å². The molecule has 0 spiro atoms. The first kappa shape index (κ1) is 11.5. The van der Waals surface area contributed by atoms with Crippen LogP contribution in [0.1, 0.15) is 47.1 Å². The smallest absolute Gasteiger partial charge is 0.341 e. The first-order valence-corrected chi connectivity index (χ1v) is 4.83. The van der Waals surface area contributed by atoms with Gasteiger partial charge in [0.1, 0.15) is 5.56 Å². The summed E-state index contributed by atoms with van der Waals surface area (Å²) < 4.78 is 0. The summed E-state index contributed by atoms with van der Waals surface area (Å²) in [6.07, 6.45) is 0. The van der Waals surface area contributed by atoms with E-state index in [4.69, 9.17) is 5.11 Å². The molecule has 4 heteroatoms. The van der Waals surface area contributed by atoms with Crippen LogP contribution in [0, 0.1) is 13.8 Å². The summed E-state index contributed by atoms with van der Waals surface area (Å²) in [5, 5.41) is 8.92. The van der Waals surface area contributed by atoms with Crippen molar-refractivity contribution in [1.29, 1.82) is 0 Å². The molecule has 0 aliphatic heterocycles. The zero-order chi connectivity index (χ0) is 11.7. The Bertz CT molecular complexity index is 458. The summed E-state index contributed by atoms with van der Waals surface area (Å²) in [6, 6.07) is 0. The molecule has 0 aliphatic carbocycles. The van der Waals surface area contributed by atoms with Gasteiger partial charge in [-0.25, -0.2) is 4.79 Å². The quantitative estimate of drug-likeness (QED) is 0.780. The topological polar surface area (TPSA) is 70.2 Å². The molecule has 0 aliphatic rings. The van der Waals surface area contributed by atoms with Gasteiger partial charge in [-0.15, -0.1) is 0 Å². The van der Waals surface area contributed by atoms with Crippen LogP contribution in [0.3, 0.4) is 0 Å². The van der Waals surface area contributed by atoms with Gasteiger partial charge in [-0.3, -0.25) is 4.79 Å². The lowest BCUT2D eigenvalue weighted by atomic mass is 9.98. The molecule has 0 aromatic carbocycles. The van der Waals surface area contributed by atoms with Crippen molar-refractivity contribution in [3.8, 4) is 0 Å². The van der Waals surface area contributed by atoms with E-state index in [1.807, 2.05) is 13.8 Å². The van der Waals surface area contributed by atoms with Crippen molar-refractivity contribution in [3.05, 3.63) is 32.7 Å². The summed E-state index contributed by atoms with van der Waals surface area (Å²) in [5.41, 5.74) is 1.19. The van der Waals surface area contributed by atoms with Crippen LogP contribution in [-0.4, -0.2) is 16.1 Å². The number of aromatic nitrogens is 1. The monoisotopic (exact) mass is 209 g/mol. The molecular weight excluding hydrogens is 194 g/mol. The van der Waals surface area contributed by atoms with E-state index in [-0.39, 0.29) is 16.9 Å². The second kappa shape index (κ2) is 3.88. The number of carboxylic acids is 1. The average molecular weight is 209 g/mol. The highest BCUT2D eigenvalue weighted by molar-refractivity contribution is 5.89. The lowest BCUT2D eigenvalue weighted by Gasteiger charge is -2.11. The Kier molecular flexibility index (Phi) is 2.98. The Hall–Kier alpha value is -1.58. The molecule has 0 amide bonds. The van der Waals surface area contributed by atoms with E-state index in [1.165, 1.54) is 0 Å². The molecule has 0 bridgehead atoms. The number of aryl methyl sites for hydroxylation is 2. The van der Waals surface area contributed by atoms with Gasteiger partial charge in [0.2, 0.25) is 0 Å². The summed E-state index contributed by atoms with van der Waals surface area (Å²) >= 11 is 0. The zero-order valence-electron chi connectivity index (χ0n) is 9.34. The van der Waals surface area contributed by atoms with Crippen LogP contribution >= 0.6 is 0 Å². The van der Waals surface area contributed by atoms with Crippen molar-refractivity contribution in [1.82, 2.24) is 4.98 Å². The predicted octanol–water partition coefficient (Wildman–Crippen LogP) is 1.81. The molecular formula is C11H15NO3. The van der Waals surface area contributed by atoms with Crippen LogP contribution < -0.4 is 5.43 Å². The van der Waals surface area contributed by atoms with Gasteiger partial charge in [0.05, 0.1) is 0 Å². The summed E-state index contributed by atoms with van der Waals surface area (Å²) in [5.74, 6) is -1.15. The molecule has 1 aromatic rings. The van der Waals surface area contributed by atoms with Crippen molar-refractivity contribution < 1.29 is 9.90 Å². The van der Waals surface area contributed by atoms with E-state index in [2.05, 4.69) is 4.98 Å². The number of carboxylic acid groups (broad SMARTS) is 1. The molecule has 4 nitrogen and oxygen atoms in total. The number of nitrogens with one attached hydrogen (secondary N) is 1. The van der Waals surface area contributed by atoms with Gasteiger partial charge in [-0.1, -0.05) is 13.8 Å². The molecule has 1 aromatic heterocycles. The van der Waals surface area contributed by atoms with Crippen molar-refractivity contribution in [3.63, 3.8) is 0 Å². The van der Waals surface area contributed by atoms with E-state index >= 15 is 0 Å². The third-order valence-corrected chi connectivity index (χ3v) is 2.42. The summed E-state index contributed by atoms with van der Waals surface area (Å²) in [6.45, 7) is 7.13. The van der Waals surface area contributed by atoms with Crippen LogP contribution in [0.15, 0.2) is 4.79 Å². The predicted molar refractivity (Wildman–Crippen MR) is 57.6 cm³/mol. The van der Waals surface area contributed by atoms with Gasteiger partial charge in [0, 0.05) is 17.0 Å². The van der Waals surface area contributed by atoms with Gasteiger partial charge in [0.25, 0.3) is 0 Å². The molecule has 0 saturated carbocycles. The fourth-order valence-corrected chi connectivity index (χ4v) is 1.84. The first-order valence-electron chi connectivity index (χ1n) is 4.83. The van der Waals surface area contributed by atoms with Gasteiger partial charge >= 0.3 is 5.97 Å². The second-order valence-electron chi connectivity index (χ2n) is 3.95. The average Bonchev–Trinajstić information content (AvgIpc) is 1.99. The summed E-state index contributed by atoms with van der Waals surface area (Å²) in [4.78, 5) is 25.7. The van der Waals surface area contributed by atoms with Gasteiger partial charge in [-0.2, -0.15) is 0 Å². The highest BCUT2D eigenvalue weighted by atomic mass is 16.4. The van der Waals surface area contributed by atoms with E-state index in [0.717, 1.165) is 5.69 Å². The number of hydrogen-bond donors (Lipinski definition) is 2. The van der Waals surface area contributed by atoms with E-state index in [9.17, 15) is 9.59 Å². The number of hydrogen-bond acceptors (Lipinski definition) is 2. The van der Waals surface area contributed by atoms with Crippen molar-refractivity contribution in [2.24, 2.45) is 0 Å². The third-order valence-electron chi connectivity index (χ3n) is 2.42. The highest BCUT2D eigenvalue weighted by Crippen LogP contribution is 2.15. The lowest BCUT2D eigenvalue weighted by Crippen LogP contribution is -2.24. The zero-order valence-corrected chi connectivity index (χ0v) is 9.34. The minimum absolute atomic E-state index is 0.0208. The molecule has 15 heavy (non-hydrogen) atoms. The van der Waals surface area contributed by atoms with Gasteiger partial charge in [0.15, 0.2) is 5.43 Å². The molecule has 1 rings (SSSR count). The normalized spacial score (nSPS) is 10.7. The fourth-order valence-electron chi connectivity index (χ4n) is 1.84. The molecule has 82 valence electrons. The maximum Gasteiger partial charge on any atom is 0.341 e. The molecule has 1 heterocycles. The number of aromatic carboxylic acids is 1. The summed E-state index contributed by atoms with van der Waals surface area (Å²) in [7, 11) is 0. The highest BCUT2D eigenvalue weighted by Gasteiger charge is 2.19. The molecule has 0 radical (unpaired) electrons. The lowest BCUT2D eigenvalue weighted by molar-refractivity contribution is 0.0694. The number of pyridine rings is 1. The Morgan fingerprint density at radius 3 is 2.20 bits per heavy atom. The van der Waals surface area contributed by atoms with E-state index in [1.54, 1.807) is 13.8 Å². The Morgan fingerprint density at radius 2 is 1.80 bits per heavy atom. The van der Waals surface area contributed by atoms with Crippen LogP contribution in [0.2, 0.25) is 0 Å². The van der Waals surface area contributed by atoms with E-state index < -0.39 is 5.97 Å². The number of rotatable bonds is 2. The van der Waals surface area contributed by atoms with Crippen molar-refractivity contribution >= 4 is 5.97 Å². The molecule has 2 N–H and O–H groups in total. The maximum atomic E-state index is 11.9. The number of carbonyl (C=O) groups is 1. The molecule has 0 fully saturated rings. The molecule has 0 saturated heterocycles. The standard InChI is InChI=1S/C11H15NO3/c1-5(2)8-6(3)12-7(4)9(10(8)13)11(14)15/h5H,1-4H3,(H,12,13)(H,14,15).